The molecule has 0 unspecified atom stereocenters. The van der Waals surface area contributed by atoms with E-state index in [0.29, 0.717) is 17.2 Å². The smallest absolute Gasteiger partial charge is 0.300 e. The Morgan fingerprint density at radius 3 is 2.56 bits per heavy atom. The number of aromatic nitrogens is 2. The fourth-order valence-electron chi connectivity index (χ4n) is 3.06. The number of halogens is 2. The standard InChI is InChI=1S/C21H21F2N5O3S/c1-12-17(27-16-6-5-14(9-15(16)22)13-3-4-13)10-25-11-19(12)31-18-7-8-26-21(20(18)23)28-32(29,30)24-2/h5-11,13,24,27H,3-4H2,1-2H3,(H,26,28). The van der Waals surface area contributed by atoms with Gasteiger partial charge in [-0.15, -0.1) is 0 Å². The molecular weight excluding hydrogens is 440 g/mol. The third-order valence-corrected chi connectivity index (χ3v) is 6.05. The van der Waals surface area contributed by atoms with E-state index in [0.717, 1.165) is 18.4 Å². The third-order valence-electron chi connectivity index (χ3n) is 5.05. The van der Waals surface area contributed by atoms with Gasteiger partial charge < -0.3 is 10.1 Å². The topological polar surface area (TPSA) is 105 Å². The van der Waals surface area contributed by atoms with Crippen molar-refractivity contribution in [2.75, 3.05) is 17.1 Å². The normalized spacial score (nSPS) is 13.6. The lowest BCUT2D eigenvalue weighted by atomic mass is 10.1. The number of anilines is 3. The zero-order valence-corrected chi connectivity index (χ0v) is 18.1. The number of nitrogens with zero attached hydrogens (tertiary/aromatic N) is 2. The van der Waals surface area contributed by atoms with Crippen LogP contribution < -0.4 is 19.5 Å². The lowest BCUT2D eigenvalue weighted by molar-refractivity contribution is 0.438. The van der Waals surface area contributed by atoms with Crippen LogP contribution in [-0.2, 0) is 10.2 Å². The monoisotopic (exact) mass is 461 g/mol. The molecule has 1 aliphatic carbocycles. The summed E-state index contributed by atoms with van der Waals surface area (Å²) in [7, 11) is -2.78. The molecule has 2 heterocycles. The summed E-state index contributed by atoms with van der Waals surface area (Å²) in [5, 5.41) is 2.99. The van der Waals surface area contributed by atoms with Crippen LogP contribution in [0.5, 0.6) is 11.5 Å². The predicted molar refractivity (Wildman–Crippen MR) is 117 cm³/mol. The van der Waals surface area contributed by atoms with Gasteiger partial charge in [0, 0.05) is 24.9 Å². The van der Waals surface area contributed by atoms with Gasteiger partial charge in [-0.2, -0.15) is 12.8 Å². The minimum atomic E-state index is -3.96. The van der Waals surface area contributed by atoms with E-state index < -0.39 is 21.8 Å². The first-order valence-electron chi connectivity index (χ1n) is 9.82. The van der Waals surface area contributed by atoms with Crippen LogP contribution in [0.4, 0.5) is 26.0 Å². The van der Waals surface area contributed by atoms with Gasteiger partial charge in [0.2, 0.25) is 5.82 Å². The minimum absolute atomic E-state index is 0.206. The van der Waals surface area contributed by atoms with Crippen molar-refractivity contribution in [1.29, 1.82) is 0 Å². The van der Waals surface area contributed by atoms with Crippen molar-refractivity contribution >= 4 is 27.4 Å². The van der Waals surface area contributed by atoms with Crippen molar-refractivity contribution < 1.29 is 21.9 Å². The van der Waals surface area contributed by atoms with Crippen LogP contribution in [0, 0.1) is 18.6 Å². The molecule has 0 spiro atoms. The van der Waals surface area contributed by atoms with E-state index in [-0.39, 0.29) is 23.0 Å². The SMILES string of the molecule is CNS(=O)(=O)Nc1nccc(Oc2cncc(Nc3ccc(C4CC4)cc3F)c2C)c1F. The Balaban J connectivity index is 1.57. The number of nitrogens with one attached hydrogen (secondary N) is 3. The molecule has 4 rings (SSSR count). The zero-order valence-electron chi connectivity index (χ0n) is 17.3. The van der Waals surface area contributed by atoms with Crippen LogP contribution in [0.3, 0.4) is 0 Å². The Bertz CT molecular complexity index is 1270. The highest BCUT2D eigenvalue weighted by Gasteiger charge is 2.24. The van der Waals surface area contributed by atoms with E-state index in [1.165, 1.54) is 37.8 Å². The van der Waals surface area contributed by atoms with E-state index in [9.17, 15) is 17.2 Å². The van der Waals surface area contributed by atoms with Gasteiger partial charge in [-0.25, -0.2) is 14.1 Å². The van der Waals surface area contributed by atoms with Gasteiger partial charge >= 0.3 is 0 Å². The molecule has 0 atom stereocenters. The average molecular weight is 461 g/mol. The first-order valence-corrected chi connectivity index (χ1v) is 11.3. The summed E-state index contributed by atoms with van der Waals surface area (Å²) in [6.45, 7) is 1.71. The van der Waals surface area contributed by atoms with Gasteiger partial charge in [-0.3, -0.25) is 9.71 Å². The number of hydrogen-bond donors (Lipinski definition) is 3. The first kappa shape index (κ1) is 21.9. The fraction of sp³-hybridized carbons (Fsp3) is 0.238. The summed E-state index contributed by atoms with van der Waals surface area (Å²) in [5.74, 6) is -1.49. The molecule has 0 aliphatic heterocycles. The second-order valence-electron chi connectivity index (χ2n) is 7.33. The molecule has 0 saturated heterocycles. The Kier molecular flexibility index (Phi) is 5.94. The highest BCUT2D eigenvalue weighted by Crippen LogP contribution is 2.41. The van der Waals surface area contributed by atoms with E-state index in [2.05, 4.69) is 15.3 Å². The number of ether oxygens (including phenoxy) is 1. The Labute approximate surface area is 184 Å². The van der Waals surface area contributed by atoms with Crippen molar-refractivity contribution in [2.24, 2.45) is 0 Å². The van der Waals surface area contributed by atoms with Gasteiger partial charge in [0.1, 0.15) is 5.82 Å². The Morgan fingerprint density at radius 1 is 1.09 bits per heavy atom. The van der Waals surface area contributed by atoms with E-state index in [1.807, 2.05) is 15.5 Å². The molecular formula is C21H21F2N5O3S. The van der Waals surface area contributed by atoms with E-state index in [4.69, 9.17) is 4.74 Å². The van der Waals surface area contributed by atoms with Crippen LogP contribution in [0.2, 0.25) is 0 Å². The number of hydrogen-bond acceptors (Lipinski definition) is 6. The van der Waals surface area contributed by atoms with Crippen molar-refractivity contribution in [3.05, 3.63) is 65.6 Å². The molecule has 1 aromatic carbocycles. The van der Waals surface area contributed by atoms with E-state index >= 15 is 0 Å². The van der Waals surface area contributed by atoms with Crippen LogP contribution in [0.1, 0.15) is 29.9 Å². The first-order chi connectivity index (χ1) is 15.3. The fourth-order valence-corrected chi connectivity index (χ4v) is 3.55. The van der Waals surface area contributed by atoms with Crippen molar-refractivity contribution in [3.8, 4) is 11.5 Å². The van der Waals surface area contributed by atoms with Gasteiger partial charge in [0.05, 0.1) is 23.8 Å². The van der Waals surface area contributed by atoms with Crippen molar-refractivity contribution in [3.63, 3.8) is 0 Å². The molecule has 1 saturated carbocycles. The number of benzene rings is 1. The average Bonchev–Trinajstić information content (AvgIpc) is 3.60. The Hall–Kier alpha value is -3.31. The van der Waals surface area contributed by atoms with Crippen LogP contribution in [0.25, 0.3) is 0 Å². The lowest BCUT2D eigenvalue weighted by Crippen LogP contribution is -2.27. The highest BCUT2D eigenvalue weighted by molar-refractivity contribution is 7.90. The van der Waals surface area contributed by atoms with Gasteiger partial charge in [0.25, 0.3) is 10.2 Å². The molecule has 11 heteroatoms. The summed E-state index contributed by atoms with van der Waals surface area (Å²) in [4.78, 5) is 7.77. The van der Waals surface area contributed by atoms with Crippen LogP contribution >= 0.6 is 0 Å². The van der Waals surface area contributed by atoms with Gasteiger partial charge in [0.15, 0.2) is 17.3 Å². The molecule has 0 amide bonds. The van der Waals surface area contributed by atoms with Crippen molar-refractivity contribution in [1.82, 2.24) is 14.7 Å². The lowest BCUT2D eigenvalue weighted by Gasteiger charge is -2.15. The molecule has 3 N–H and O–H groups in total. The van der Waals surface area contributed by atoms with Gasteiger partial charge in [-0.05, 0) is 43.4 Å². The van der Waals surface area contributed by atoms with Crippen LogP contribution in [-0.4, -0.2) is 25.4 Å². The summed E-state index contributed by atoms with van der Waals surface area (Å²) in [6, 6.07) is 6.36. The predicted octanol–water partition coefficient (Wildman–Crippen LogP) is 4.35. The summed E-state index contributed by atoms with van der Waals surface area (Å²) >= 11 is 0. The summed E-state index contributed by atoms with van der Waals surface area (Å²) in [5.41, 5.74) is 2.30. The molecule has 1 fully saturated rings. The molecule has 8 nitrogen and oxygen atoms in total. The number of rotatable bonds is 8. The van der Waals surface area contributed by atoms with E-state index in [1.54, 1.807) is 13.0 Å². The van der Waals surface area contributed by atoms with Crippen LogP contribution in [0.15, 0.2) is 42.9 Å². The second-order valence-corrected chi connectivity index (χ2v) is 8.95. The maximum Gasteiger partial charge on any atom is 0.300 e. The number of pyridine rings is 2. The summed E-state index contributed by atoms with van der Waals surface area (Å²) < 4.78 is 62.1. The molecule has 0 radical (unpaired) electrons. The third kappa shape index (κ3) is 4.78. The largest absolute Gasteiger partial charge is 0.452 e. The molecule has 168 valence electrons. The Morgan fingerprint density at radius 2 is 1.88 bits per heavy atom. The second kappa shape index (κ2) is 8.67. The molecule has 1 aliphatic rings. The molecule has 0 bridgehead atoms. The molecule has 2 aromatic heterocycles. The maximum absolute atomic E-state index is 14.7. The maximum atomic E-state index is 14.7. The molecule has 32 heavy (non-hydrogen) atoms. The van der Waals surface area contributed by atoms with Gasteiger partial charge in [-0.1, -0.05) is 6.07 Å². The highest BCUT2D eigenvalue weighted by atomic mass is 32.2. The summed E-state index contributed by atoms with van der Waals surface area (Å²) in [6.07, 6.45) is 6.25. The minimum Gasteiger partial charge on any atom is -0.452 e. The van der Waals surface area contributed by atoms with Crippen molar-refractivity contribution in [2.45, 2.75) is 25.7 Å². The zero-order chi connectivity index (χ0) is 22.9. The molecule has 3 aromatic rings. The quantitative estimate of drug-likeness (QED) is 0.461.